The Morgan fingerprint density at radius 3 is 2.70 bits per heavy atom. The van der Waals surface area contributed by atoms with Crippen molar-refractivity contribution in [3.63, 3.8) is 0 Å². The molecule has 0 spiro atoms. The standard InChI is InChI=1S/C15H13Cl2NO2/c1-9(2)20-11-6-10(7-18-8-11)15(19)12-4-3-5-13(16)14(12)17/h3-9H,1-2H3. The van der Waals surface area contributed by atoms with Gasteiger partial charge in [-0.1, -0.05) is 29.3 Å². The van der Waals surface area contributed by atoms with E-state index < -0.39 is 0 Å². The summed E-state index contributed by atoms with van der Waals surface area (Å²) in [6, 6.07) is 6.60. The second-order valence-electron chi connectivity index (χ2n) is 4.51. The van der Waals surface area contributed by atoms with Gasteiger partial charge in [0, 0.05) is 17.3 Å². The van der Waals surface area contributed by atoms with Gasteiger partial charge in [-0.3, -0.25) is 9.78 Å². The first-order valence-electron chi connectivity index (χ1n) is 6.09. The molecule has 0 aliphatic rings. The highest BCUT2D eigenvalue weighted by Crippen LogP contribution is 2.27. The van der Waals surface area contributed by atoms with E-state index in [1.54, 1.807) is 30.5 Å². The van der Waals surface area contributed by atoms with Gasteiger partial charge in [-0.15, -0.1) is 0 Å². The number of hydrogen-bond acceptors (Lipinski definition) is 3. The van der Waals surface area contributed by atoms with E-state index >= 15 is 0 Å². The molecule has 2 aromatic rings. The maximum Gasteiger partial charge on any atom is 0.196 e. The summed E-state index contributed by atoms with van der Waals surface area (Å²) in [4.78, 5) is 16.4. The topological polar surface area (TPSA) is 39.2 Å². The smallest absolute Gasteiger partial charge is 0.196 e. The Hall–Kier alpha value is -1.58. The molecule has 0 aliphatic carbocycles. The molecule has 20 heavy (non-hydrogen) atoms. The Morgan fingerprint density at radius 2 is 2.00 bits per heavy atom. The summed E-state index contributed by atoms with van der Waals surface area (Å²) in [7, 11) is 0. The third-order valence-electron chi connectivity index (χ3n) is 2.54. The van der Waals surface area contributed by atoms with Crippen LogP contribution in [0.2, 0.25) is 10.0 Å². The van der Waals surface area contributed by atoms with Crippen LogP contribution in [0.15, 0.2) is 36.7 Å². The van der Waals surface area contributed by atoms with E-state index in [0.717, 1.165) is 0 Å². The maximum absolute atomic E-state index is 12.4. The van der Waals surface area contributed by atoms with Gasteiger partial charge in [0.1, 0.15) is 5.75 Å². The van der Waals surface area contributed by atoms with E-state index in [1.165, 1.54) is 6.20 Å². The molecular formula is C15H13Cl2NO2. The Labute approximate surface area is 127 Å². The quantitative estimate of drug-likeness (QED) is 0.785. The highest BCUT2D eigenvalue weighted by Gasteiger charge is 2.15. The van der Waals surface area contributed by atoms with Crippen LogP contribution in [0, 0.1) is 0 Å². The summed E-state index contributed by atoms with van der Waals surface area (Å²) in [6.45, 7) is 3.81. The first-order chi connectivity index (χ1) is 9.49. The molecule has 0 fully saturated rings. The number of carbonyl (C=O) groups excluding carboxylic acids is 1. The molecule has 5 heteroatoms. The number of rotatable bonds is 4. The fraction of sp³-hybridized carbons (Fsp3) is 0.200. The van der Waals surface area contributed by atoms with Crippen molar-refractivity contribution in [1.82, 2.24) is 4.98 Å². The molecule has 0 N–H and O–H groups in total. The van der Waals surface area contributed by atoms with Gasteiger partial charge >= 0.3 is 0 Å². The van der Waals surface area contributed by atoms with Crippen molar-refractivity contribution in [2.24, 2.45) is 0 Å². The van der Waals surface area contributed by atoms with Crippen LogP contribution < -0.4 is 4.74 Å². The van der Waals surface area contributed by atoms with Crippen LogP contribution in [0.3, 0.4) is 0 Å². The van der Waals surface area contributed by atoms with Crippen molar-refractivity contribution in [3.05, 3.63) is 57.8 Å². The molecule has 0 unspecified atom stereocenters. The molecule has 104 valence electrons. The van der Waals surface area contributed by atoms with Crippen molar-refractivity contribution < 1.29 is 9.53 Å². The van der Waals surface area contributed by atoms with Crippen molar-refractivity contribution in [1.29, 1.82) is 0 Å². The summed E-state index contributed by atoms with van der Waals surface area (Å²) < 4.78 is 5.52. The molecule has 0 radical (unpaired) electrons. The number of ether oxygens (including phenoxy) is 1. The number of hydrogen-bond donors (Lipinski definition) is 0. The lowest BCUT2D eigenvalue weighted by Crippen LogP contribution is -2.08. The fourth-order valence-corrected chi connectivity index (χ4v) is 2.10. The lowest BCUT2D eigenvalue weighted by molar-refractivity contribution is 0.103. The van der Waals surface area contributed by atoms with E-state index in [9.17, 15) is 4.79 Å². The first kappa shape index (κ1) is 14.8. The molecule has 0 bridgehead atoms. The molecule has 1 heterocycles. The van der Waals surface area contributed by atoms with Crippen LogP contribution in [-0.2, 0) is 0 Å². The number of aromatic nitrogens is 1. The number of ketones is 1. The summed E-state index contributed by atoms with van der Waals surface area (Å²) in [5, 5.41) is 0.592. The van der Waals surface area contributed by atoms with Gasteiger partial charge in [0.05, 0.1) is 22.3 Å². The third-order valence-corrected chi connectivity index (χ3v) is 3.36. The number of benzene rings is 1. The average molecular weight is 310 g/mol. The van der Waals surface area contributed by atoms with Crippen LogP contribution in [-0.4, -0.2) is 16.9 Å². The summed E-state index contributed by atoms with van der Waals surface area (Å²) in [6.07, 6.45) is 3.06. The van der Waals surface area contributed by atoms with Crippen molar-refractivity contribution in [3.8, 4) is 5.75 Å². The fourth-order valence-electron chi connectivity index (χ4n) is 1.71. The molecule has 0 saturated carbocycles. The zero-order valence-electron chi connectivity index (χ0n) is 11.1. The lowest BCUT2D eigenvalue weighted by Gasteiger charge is -2.10. The predicted octanol–water partition coefficient (Wildman–Crippen LogP) is 4.41. The Morgan fingerprint density at radius 1 is 1.25 bits per heavy atom. The van der Waals surface area contributed by atoms with Crippen LogP contribution in [0.1, 0.15) is 29.8 Å². The van der Waals surface area contributed by atoms with Gasteiger partial charge in [0.25, 0.3) is 0 Å². The Balaban J connectivity index is 2.36. The van der Waals surface area contributed by atoms with Gasteiger partial charge < -0.3 is 4.74 Å². The van der Waals surface area contributed by atoms with Crippen molar-refractivity contribution in [2.45, 2.75) is 20.0 Å². The maximum atomic E-state index is 12.4. The van der Waals surface area contributed by atoms with E-state index in [4.69, 9.17) is 27.9 Å². The second kappa shape index (κ2) is 6.25. The van der Waals surface area contributed by atoms with E-state index in [1.807, 2.05) is 13.8 Å². The largest absolute Gasteiger partial charge is 0.489 e. The summed E-state index contributed by atoms with van der Waals surface area (Å²) >= 11 is 12.0. The third kappa shape index (κ3) is 3.30. The molecule has 1 aromatic heterocycles. The zero-order chi connectivity index (χ0) is 14.7. The lowest BCUT2D eigenvalue weighted by atomic mass is 10.0. The summed E-state index contributed by atoms with van der Waals surface area (Å²) in [5.41, 5.74) is 0.759. The van der Waals surface area contributed by atoms with E-state index in [0.29, 0.717) is 21.9 Å². The minimum Gasteiger partial charge on any atom is -0.489 e. The van der Waals surface area contributed by atoms with Crippen LogP contribution in [0.5, 0.6) is 5.75 Å². The molecule has 0 aliphatic heterocycles. The Kier molecular flexibility index (Phi) is 4.63. The van der Waals surface area contributed by atoms with Gasteiger partial charge in [0.15, 0.2) is 5.78 Å². The highest BCUT2D eigenvalue weighted by molar-refractivity contribution is 6.44. The van der Waals surface area contributed by atoms with Gasteiger partial charge in [-0.2, -0.15) is 0 Å². The van der Waals surface area contributed by atoms with Crippen molar-refractivity contribution >= 4 is 29.0 Å². The second-order valence-corrected chi connectivity index (χ2v) is 5.29. The minimum absolute atomic E-state index is 0.0110. The Bertz CT molecular complexity index is 642. The van der Waals surface area contributed by atoms with E-state index in [2.05, 4.69) is 4.98 Å². The zero-order valence-corrected chi connectivity index (χ0v) is 12.6. The van der Waals surface area contributed by atoms with Crippen LogP contribution in [0.4, 0.5) is 0 Å². The molecule has 1 aromatic carbocycles. The van der Waals surface area contributed by atoms with E-state index in [-0.39, 0.29) is 16.9 Å². The van der Waals surface area contributed by atoms with Crippen LogP contribution in [0.25, 0.3) is 0 Å². The average Bonchev–Trinajstić information content (AvgIpc) is 2.41. The summed E-state index contributed by atoms with van der Waals surface area (Å²) in [5.74, 6) is 0.309. The van der Waals surface area contributed by atoms with Crippen LogP contribution >= 0.6 is 23.2 Å². The molecule has 0 amide bonds. The molecular weight excluding hydrogens is 297 g/mol. The number of halogens is 2. The number of carbonyl (C=O) groups is 1. The minimum atomic E-state index is -0.237. The normalized spacial score (nSPS) is 10.7. The van der Waals surface area contributed by atoms with Gasteiger partial charge in [-0.05, 0) is 32.0 Å². The first-order valence-corrected chi connectivity index (χ1v) is 6.85. The number of pyridine rings is 1. The molecule has 3 nitrogen and oxygen atoms in total. The molecule has 0 saturated heterocycles. The SMILES string of the molecule is CC(C)Oc1cncc(C(=O)c2cccc(Cl)c2Cl)c1. The molecule has 2 rings (SSSR count). The van der Waals surface area contributed by atoms with Gasteiger partial charge in [-0.25, -0.2) is 0 Å². The number of nitrogens with zero attached hydrogens (tertiary/aromatic N) is 1. The van der Waals surface area contributed by atoms with Gasteiger partial charge in [0.2, 0.25) is 0 Å². The molecule has 0 atom stereocenters. The predicted molar refractivity (Wildman–Crippen MR) is 79.9 cm³/mol. The highest BCUT2D eigenvalue weighted by atomic mass is 35.5. The monoisotopic (exact) mass is 309 g/mol. The van der Waals surface area contributed by atoms with Crippen molar-refractivity contribution in [2.75, 3.05) is 0 Å².